The van der Waals surface area contributed by atoms with Gasteiger partial charge < -0.3 is 10.1 Å². The Labute approximate surface area is 104 Å². The summed E-state index contributed by atoms with van der Waals surface area (Å²) in [6.45, 7) is 0. The molecule has 2 N–H and O–H groups in total. The van der Waals surface area contributed by atoms with E-state index in [0.717, 1.165) is 0 Å². The van der Waals surface area contributed by atoms with Crippen molar-refractivity contribution in [2.24, 2.45) is 0 Å². The van der Waals surface area contributed by atoms with Crippen LogP contribution in [0.4, 0.5) is 11.4 Å². The van der Waals surface area contributed by atoms with Crippen LogP contribution >= 0.6 is 0 Å². The van der Waals surface area contributed by atoms with Crippen molar-refractivity contribution in [3.8, 4) is 11.5 Å². The molecule has 0 saturated heterocycles. The van der Waals surface area contributed by atoms with Crippen molar-refractivity contribution in [2.75, 3.05) is 5.32 Å². The van der Waals surface area contributed by atoms with E-state index in [2.05, 4.69) is 5.32 Å². The van der Waals surface area contributed by atoms with Crippen LogP contribution in [0, 0.1) is 0 Å². The maximum atomic E-state index is 11.3. The minimum Gasteiger partial charge on any atom is -0.453 e. The van der Waals surface area contributed by atoms with Crippen LogP contribution in [0.1, 0.15) is 0 Å². The van der Waals surface area contributed by atoms with Crippen molar-refractivity contribution < 1.29 is 17.7 Å². The average Bonchev–Trinajstić information content (AvgIpc) is 2.34. The van der Waals surface area contributed by atoms with Crippen LogP contribution in [0.2, 0.25) is 0 Å². The molecule has 0 unspecified atom stereocenters. The predicted molar refractivity (Wildman–Crippen MR) is 66.1 cm³/mol. The first-order valence-corrected chi connectivity index (χ1v) is 6.64. The number of para-hydroxylation sites is 3. The van der Waals surface area contributed by atoms with Crippen molar-refractivity contribution in [3.63, 3.8) is 0 Å². The Morgan fingerprint density at radius 3 is 2.50 bits per heavy atom. The van der Waals surface area contributed by atoms with E-state index in [0.29, 0.717) is 17.2 Å². The van der Waals surface area contributed by atoms with E-state index >= 15 is 0 Å². The van der Waals surface area contributed by atoms with Crippen LogP contribution in [0.3, 0.4) is 0 Å². The molecule has 0 aromatic heterocycles. The predicted octanol–water partition coefficient (Wildman–Crippen LogP) is 2.78. The Hall–Kier alpha value is -2.05. The highest BCUT2D eigenvalue weighted by molar-refractivity contribution is 7.86. The fraction of sp³-hybridized carbons (Fsp3) is 0. The third kappa shape index (κ3) is 1.71. The SMILES string of the molecule is O=S(=O)(O)c1cccc2c1Nc1ccccc1O2. The van der Waals surface area contributed by atoms with Gasteiger partial charge in [0, 0.05) is 0 Å². The van der Waals surface area contributed by atoms with E-state index in [4.69, 9.17) is 9.29 Å². The van der Waals surface area contributed by atoms with Gasteiger partial charge in [-0.1, -0.05) is 18.2 Å². The maximum Gasteiger partial charge on any atom is 0.296 e. The van der Waals surface area contributed by atoms with Crippen LogP contribution in [-0.4, -0.2) is 13.0 Å². The van der Waals surface area contributed by atoms with Crippen LogP contribution in [-0.2, 0) is 10.1 Å². The lowest BCUT2D eigenvalue weighted by atomic mass is 10.2. The summed E-state index contributed by atoms with van der Waals surface area (Å²) in [4.78, 5) is -0.200. The minimum atomic E-state index is -4.29. The van der Waals surface area contributed by atoms with Gasteiger partial charge in [0.25, 0.3) is 10.1 Å². The molecule has 0 radical (unpaired) electrons. The van der Waals surface area contributed by atoms with Gasteiger partial charge >= 0.3 is 0 Å². The van der Waals surface area contributed by atoms with Crippen LogP contribution < -0.4 is 10.1 Å². The molecule has 3 rings (SSSR count). The van der Waals surface area contributed by atoms with Crippen molar-refractivity contribution in [3.05, 3.63) is 42.5 Å². The summed E-state index contributed by atoms with van der Waals surface area (Å²) < 4.78 is 37.3. The van der Waals surface area contributed by atoms with Gasteiger partial charge in [0.05, 0.1) is 5.69 Å². The van der Waals surface area contributed by atoms with Crippen molar-refractivity contribution >= 4 is 21.5 Å². The lowest BCUT2D eigenvalue weighted by Crippen LogP contribution is -2.08. The minimum absolute atomic E-state index is 0.200. The molecule has 5 nitrogen and oxygen atoms in total. The molecule has 92 valence electrons. The second-order valence-corrected chi connectivity index (χ2v) is 5.22. The lowest BCUT2D eigenvalue weighted by Gasteiger charge is -2.22. The number of rotatable bonds is 1. The van der Waals surface area contributed by atoms with Gasteiger partial charge in [-0.05, 0) is 24.3 Å². The number of ether oxygens (including phenoxy) is 1. The topological polar surface area (TPSA) is 75.6 Å². The van der Waals surface area contributed by atoms with E-state index in [1.165, 1.54) is 12.1 Å². The molecule has 0 saturated carbocycles. The third-order valence-electron chi connectivity index (χ3n) is 2.63. The van der Waals surface area contributed by atoms with Gasteiger partial charge in [0.2, 0.25) is 0 Å². The normalized spacial score (nSPS) is 12.9. The van der Waals surface area contributed by atoms with Crippen LogP contribution in [0.25, 0.3) is 0 Å². The highest BCUT2D eigenvalue weighted by atomic mass is 32.2. The summed E-state index contributed by atoms with van der Waals surface area (Å²) in [6, 6.07) is 11.6. The number of hydrogen-bond donors (Lipinski definition) is 2. The molecular weight excluding hydrogens is 254 g/mol. The molecule has 0 bridgehead atoms. The fourth-order valence-corrected chi connectivity index (χ4v) is 2.51. The fourth-order valence-electron chi connectivity index (χ4n) is 1.85. The third-order valence-corrected chi connectivity index (χ3v) is 3.53. The molecule has 0 atom stereocenters. The largest absolute Gasteiger partial charge is 0.453 e. The van der Waals surface area contributed by atoms with E-state index in [9.17, 15) is 8.42 Å². The Morgan fingerprint density at radius 2 is 1.72 bits per heavy atom. The first-order chi connectivity index (χ1) is 8.55. The zero-order valence-electron chi connectivity index (χ0n) is 9.12. The first kappa shape index (κ1) is 11.1. The number of anilines is 2. The van der Waals surface area contributed by atoms with Crippen molar-refractivity contribution in [1.29, 1.82) is 0 Å². The monoisotopic (exact) mass is 263 g/mol. The number of hydrogen-bond acceptors (Lipinski definition) is 4. The quantitative estimate of drug-likeness (QED) is 0.660. The highest BCUT2D eigenvalue weighted by Gasteiger charge is 2.24. The number of nitrogens with one attached hydrogen (secondary N) is 1. The molecule has 0 amide bonds. The summed E-state index contributed by atoms with van der Waals surface area (Å²) in [6.07, 6.45) is 0. The van der Waals surface area contributed by atoms with Crippen LogP contribution in [0.15, 0.2) is 47.4 Å². The van der Waals surface area contributed by atoms with Gasteiger partial charge in [0.15, 0.2) is 11.5 Å². The molecule has 6 heteroatoms. The molecule has 2 aromatic carbocycles. The zero-order chi connectivity index (χ0) is 12.8. The zero-order valence-corrected chi connectivity index (χ0v) is 9.94. The standard InChI is InChI=1S/C12H9NO4S/c14-18(15,16)11-7-3-6-10-12(11)13-8-4-1-2-5-9(8)17-10/h1-7,13H,(H,14,15,16). The molecular formula is C12H9NO4S. The smallest absolute Gasteiger partial charge is 0.296 e. The van der Waals surface area contributed by atoms with Gasteiger partial charge in [-0.3, -0.25) is 4.55 Å². The Kier molecular flexibility index (Phi) is 2.29. The number of benzene rings is 2. The number of fused-ring (bicyclic) bond motifs is 2. The first-order valence-electron chi connectivity index (χ1n) is 5.20. The van der Waals surface area contributed by atoms with E-state index < -0.39 is 10.1 Å². The van der Waals surface area contributed by atoms with Gasteiger partial charge in [0.1, 0.15) is 10.6 Å². The molecule has 1 heterocycles. The molecule has 0 spiro atoms. The summed E-state index contributed by atoms with van der Waals surface area (Å²) in [7, 11) is -4.29. The average molecular weight is 263 g/mol. The molecule has 0 aliphatic carbocycles. The van der Waals surface area contributed by atoms with Crippen molar-refractivity contribution in [2.45, 2.75) is 4.90 Å². The van der Waals surface area contributed by atoms with Gasteiger partial charge in [-0.15, -0.1) is 0 Å². The summed E-state index contributed by atoms with van der Waals surface area (Å²) in [5.74, 6) is 0.973. The highest BCUT2D eigenvalue weighted by Crippen LogP contribution is 2.44. The summed E-state index contributed by atoms with van der Waals surface area (Å²) in [5.41, 5.74) is 0.903. The lowest BCUT2D eigenvalue weighted by molar-refractivity contribution is 0.471. The second kappa shape index (κ2) is 3.72. The Morgan fingerprint density at radius 1 is 1.00 bits per heavy atom. The van der Waals surface area contributed by atoms with E-state index in [-0.39, 0.29) is 10.6 Å². The van der Waals surface area contributed by atoms with Gasteiger partial charge in [-0.2, -0.15) is 8.42 Å². The van der Waals surface area contributed by atoms with Crippen molar-refractivity contribution in [1.82, 2.24) is 0 Å². The Balaban J connectivity index is 2.20. The second-order valence-electron chi connectivity index (χ2n) is 3.83. The van der Waals surface area contributed by atoms with E-state index in [1.54, 1.807) is 24.3 Å². The summed E-state index contributed by atoms with van der Waals surface area (Å²) >= 11 is 0. The summed E-state index contributed by atoms with van der Waals surface area (Å²) in [5, 5.41) is 2.95. The van der Waals surface area contributed by atoms with Gasteiger partial charge in [-0.25, -0.2) is 0 Å². The maximum absolute atomic E-state index is 11.3. The van der Waals surface area contributed by atoms with E-state index in [1.807, 2.05) is 6.07 Å². The molecule has 18 heavy (non-hydrogen) atoms. The Bertz CT molecular complexity index is 725. The molecule has 1 aliphatic rings. The molecule has 1 aliphatic heterocycles. The van der Waals surface area contributed by atoms with Crippen LogP contribution in [0.5, 0.6) is 11.5 Å². The molecule has 2 aromatic rings. The molecule has 0 fully saturated rings.